The van der Waals surface area contributed by atoms with Gasteiger partial charge in [-0.2, -0.15) is 0 Å². The number of amides is 2. The quantitative estimate of drug-likeness (QED) is 0.860. The molecule has 4 nitrogen and oxygen atoms in total. The number of halogens is 2. The summed E-state index contributed by atoms with van der Waals surface area (Å²) in [4.78, 5) is 23.6. The number of carbonyl (C=O) groups is 2. The van der Waals surface area contributed by atoms with Crippen molar-refractivity contribution in [1.29, 1.82) is 0 Å². The van der Waals surface area contributed by atoms with Gasteiger partial charge < -0.3 is 10.6 Å². The molecular weight excluding hydrogens is 364 g/mol. The van der Waals surface area contributed by atoms with Crippen LogP contribution in [0.5, 0.6) is 0 Å². The third-order valence-corrected chi connectivity index (χ3v) is 4.37. The molecule has 0 radical (unpaired) electrons. The van der Waals surface area contributed by atoms with E-state index in [0.717, 1.165) is 3.79 Å². The van der Waals surface area contributed by atoms with Crippen LogP contribution in [0.1, 0.15) is 20.7 Å². The average molecular weight is 374 g/mol. The van der Waals surface area contributed by atoms with Crippen molar-refractivity contribution in [2.75, 3.05) is 12.4 Å². The van der Waals surface area contributed by atoms with Crippen molar-refractivity contribution in [3.63, 3.8) is 0 Å². The fraction of sp³-hybridized carbons (Fsp3) is 0.0769. The number of benzene rings is 1. The van der Waals surface area contributed by atoms with Crippen molar-refractivity contribution in [2.45, 2.75) is 0 Å². The van der Waals surface area contributed by atoms with Gasteiger partial charge in [0.15, 0.2) is 0 Å². The molecule has 0 unspecified atom stereocenters. The van der Waals surface area contributed by atoms with E-state index in [-0.39, 0.29) is 11.8 Å². The van der Waals surface area contributed by atoms with Crippen molar-refractivity contribution in [3.05, 3.63) is 49.6 Å². The molecule has 2 N–H and O–H groups in total. The first-order chi connectivity index (χ1) is 9.51. The maximum absolute atomic E-state index is 12.0. The maximum Gasteiger partial charge on any atom is 0.256 e. The maximum atomic E-state index is 12.0. The summed E-state index contributed by atoms with van der Waals surface area (Å²) in [5, 5.41) is 7.32. The van der Waals surface area contributed by atoms with Gasteiger partial charge >= 0.3 is 0 Å². The Balaban J connectivity index is 2.24. The van der Waals surface area contributed by atoms with E-state index in [2.05, 4.69) is 26.6 Å². The first-order valence-corrected chi connectivity index (χ1v) is 7.63. The summed E-state index contributed by atoms with van der Waals surface area (Å²) >= 11 is 10.7. The molecule has 2 amide bonds. The monoisotopic (exact) mass is 372 g/mol. The average Bonchev–Trinajstić information content (AvgIpc) is 2.87. The predicted octanol–water partition coefficient (Wildman–Crippen LogP) is 3.78. The minimum absolute atomic E-state index is 0.240. The van der Waals surface area contributed by atoms with Crippen LogP contribution >= 0.6 is 38.9 Å². The molecule has 1 heterocycles. The van der Waals surface area contributed by atoms with Gasteiger partial charge in [0.2, 0.25) is 0 Å². The Bertz CT molecular complexity index is 672. The number of hydrogen-bond donors (Lipinski definition) is 2. The number of thiophene rings is 1. The van der Waals surface area contributed by atoms with Crippen LogP contribution in [0.15, 0.2) is 33.4 Å². The number of rotatable bonds is 3. The third-order valence-electron chi connectivity index (χ3n) is 2.53. The van der Waals surface area contributed by atoms with E-state index < -0.39 is 0 Å². The smallest absolute Gasteiger partial charge is 0.256 e. The van der Waals surface area contributed by atoms with Gasteiger partial charge in [-0.1, -0.05) is 11.6 Å². The first kappa shape index (κ1) is 15.0. The first-order valence-electron chi connectivity index (χ1n) is 5.58. The number of carbonyl (C=O) groups excluding carboxylic acids is 2. The van der Waals surface area contributed by atoms with Crippen molar-refractivity contribution < 1.29 is 9.59 Å². The van der Waals surface area contributed by atoms with Crippen LogP contribution in [0.2, 0.25) is 5.02 Å². The van der Waals surface area contributed by atoms with Crippen molar-refractivity contribution in [3.8, 4) is 0 Å². The Morgan fingerprint density at radius 2 is 1.95 bits per heavy atom. The molecule has 0 spiro atoms. The number of nitrogens with one attached hydrogen (secondary N) is 2. The highest BCUT2D eigenvalue weighted by molar-refractivity contribution is 9.11. The second kappa shape index (κ2) is 6.39. The van der Waals surface area contributed by atoms with Crippen LogP contribution in [0.4, 0.5) is 5.69 Å². The van der Waals surface area contributed by atoms with Crippen molar-refractivity contribution in [1.82, 2.24) is 5.32 Å². The zero-order valence-corrected chi connectivity index (χ0v) is 13.5. The topological polar surface area (TPSA) is 58.2 Å². The molecule has 0 atom stereocenters. The van der Waals surface area contributed by atoms with E-state index in [0.29, 0.717) is 21.8 Å². The van der Waals surface area contributed by atoms with Gasteiger partial charge in [0.25, 0.3) is 11.8 Å². The predicted molar refractivity (Wildman–Crippen MR) is 84.8 cm³/mol. The van der Waals surface area contributed by atoms with Gasteiger partial charge in [-0.05, 0) is 40.2 Å². The largest absolute Gasteiger partial charge is 0.355 e. The van der Waals surface area contributed by atoms with E-state index in [1.807, 2.05) is 0 Å². The molecule has 0 bridgehead atoms. The van der Waals surface area contributed by atoms with Crippen molar-refractivity contribution >= 4 is 56.4 Å². The SMILES string of the molecule is CNC(=O)c1ccc(Cl)c(NC(=O)c2csc(Br)c2)c1. The minimum atomic E-state index is -0.275. The van der Waals surface area contributed by atoms with Gasteiger partial charge in [-0.3, -0.25) is 9.59 Å². The molecular formula is C13H10BrClN2O2S. The van der Waals surface area contributed by atoms with E-state index in [9.17, 15) is 9.59 Å². The van der Waals surface area contributed by atoms with Crippen LogP contribution in [-0.4, -0.2) is 18.9 Å². The molecule has 0 aliphatic rings. The van der Waals surface area contributed by atoms with Crippen molar-refractivity contribution in [2.24, 2.45) is 0 Å². The van der Waals surface area contributed by atoms with Crippen LogP contribution in [0.25, 0.3) is 0 Å². The molecule has 0 aliphatic heterocycles. The molecule has 2 rings (SSSR count). The highest BCUT2D eigenvalue weighted by Gasteiger charge is 2.12. The fourth-order valence-corrected chi connectivity index (χ4v) is 2.83. The second-order valence-corrected chi connectivity index (χ2v) is 6.57. The molecule has 1 aromatic heterocycles. The Hall–Kier alpha value is -1.37. The molecule has 20 heavy (non-hydrogen) atoms. The summed E-state index contributed by atoms with van der Waals surface area (Å²) in [6.45, 7) is 0. The minimum Gasteiger partial charge on any atom is -0.355 e. The number of hydrogen-bond acceptors (Lipinski definition) is 3. The van der Waals surface area contributed by atoms with Gasteiger partial charge in [0.05, 0.1) is 20.1 Å². The zero-order chi connectivity index (χ0) is 14.7. The van der Waals surface area contributed by atoms with Gasteiger partial charge in [-0.15, -0.1) is 11.3 Å². The summed E-state index contributed by atoms with van der Waals surface area (Å²) < 4.78 is 0.868. The second-order valence-electron chi connectivity index (χ2n) is 3.87. The summed E-state index contributed by atoms with van der Waals surface area (Å²) in [5.41, 5.74) is 1.36. The lowest BCUT2D eigenvalue weighted by Gasteiger charge is -2.08. The molecule has 1 aromatic carbocycles. The lowest BCUT2D eigenvalue weighted by molar-refractivity contribution is 0.0961. The third kappa shape index (κ3) is 3.39. The Labute approximate surface area is 133 Å². The molecule has 104 valence electrons. The fourth-order valence-electron chi connectivity index (χ4n) is 1.53. The molecule has 0 aliphatic carbocycles. The van der Waals surface area contributed by atoms with Crippen LogP contribution in [-0.2, 0) is 0 Å². The highest BCUT2D eigenvalue weighted by atomic mass is 79.9. The Morgan fingerprint density at radius 3 is 2.55 bits per heavy atom. The normalized spacial score (nSPS) is 10.2. The van der Waals surface area contributed by atoms with Crippen LogP contribution < -0.4 is 10.6 Å². The lowest BCUT2D eigenvalue weighted by atomic mass is 10.2. The molecule has 0 saturated heterocycles. The summed E-state index contributed by atoms with van der Waals surface area (Å²) in [6.07, 6.45) is 0. The van der Waals surface area contributed by atoms with Crippen LogP contribution in [0.3, 0.4) is 0 Å². The van der Waals surface area contributed by atoms with Gasteiger partial charge in [-0.25, -0.2) is 0 Å². The molecule has 0 saturated carbocycles. The van der Waals surface area contributed by atoms with Gasteiger partial charge in [0, 0.05) is 18.0 Å². The summed E-state index contributed by atoms with van der Waals surface area (Å²) in [5.74, 6) is -0.515. The van der Waals surface area contributed by atoms with E-state index in [4.69, 9.17) is 11.6 Å². The lowest BCUT2D eigenvalue weighted by Crippen LogP contribution is -2.18. The van der Waals surface area contributed by atoms with E-state index in [1.54, 1.807) is 29.6 Å². The van der Waals surface area contributed by atoms with E-state index >= 15 is 0 Å². The molecule has 2 aromatic rings. The molecule has 7 heteroatoms. The number of anilines is 1. The van der Waals surface area contributed by atoms with Crippen LogP contribution in [0, 0.1) is 0 Å². The molecule has 0 fully saturated rings. The summed E-state index contributed by atoms with van der Waals surface area (Å²) in [6, 6.07) is 6.43. The highest BCUT2D eigenvalue weighted by Crippen LogP contribution is 2.25. The van der Waals surface area contributed by atoms with Gasteiger partial charge in [0.1, 0.15) is 0 Å². The zero-order valence-electron chi connectivity index (χ0n) is 10.4. The van der Waals surface area contributed by atoms with E-state index in [1.165, 1.54) is 18.4 Å². The summed E-state index contributed by atoms with van der Waals surface area (Å²) in [7, 11) is 1.54. The standard InChI is InChI=1S/C13H10BrClN2O2S/c1-16-12(18)7-2-3-9(15)10(4-7)17-13(19)8-5-11(14)20-6-8/h2-6H,1H3,(H,16,18)(H,17,19). The Kier molecular flexibility index (Phi) is 4.80. The Morgan fingerprint density at radius 1 is 1.20 bits per heavy atom.